The molecule has 0 radical (unpaired) electrons. The van der Waals surface area contributed by atoms with Crippen LogP contribution >= 0.6 is 11.3 Å². The average Bonchev–Trinajstić information content (AvgIpc) is 2.59. The Balaban J connectivity index is 3.09. The van der Waals surface area contributed by atoms with Crippen LogP contribution in [0.15, 0.2) is 0 Å². The molecule has 0 fully saturated rings. The van der Waals surface area contributed by atoms with Crippen LogP contribution in [-0.2, 0) is 4.74 Å². The van der Waals surface area contributed by atoms with E-state index in [9.17, 15) is 9.59 Å². The predicted molar refractivity (Wildman–Crippen MR) is 71.5 cm³/mol. The lowest BCUT2D eigenvalue weighted by Gasteiger charge is -2.19. The van der Waals surface area contributed by atoms with E-state index >= 15 is 0 Å². The van der Waals surface area contributed by atoms with Crippen molar-refractivity contribution in [2.45, 2.75) is 40.2 Å². The highest BCUT2D eigenvalue weighted by molar-refractivity contribution is 7.17. The normalized spacial score (nSPS) is 11.2. The molecule has 1 aromatic rings. The first kappa shape index (κ1) is 14.6. The van der Waals surface area contributed by atoms with Gasteiger partial charge in [-0.1, -0.05) is 11.3 Å². The zero-order valence-electron chi connectivity index (χ0n) is 11.3. The Morgan fingerprint density at radius 3 is 2.44 bits per heavy atom. The van der Waals surface area contributed by atoms with Gasteiger partial charge < -0.3 is 10.1 Å². The minimum atomic E-state index is -0.555. The maximum atomic E-state index is 11.7. The van der Waals surface area contributed by atoms with E-state index in [-0.39, 0.29) is 23.6 Å². The van der Waals surface area contributed by atoms with Crippen molar-refractivity contribution < 1.29 is 14.3 Å². The van der Waals surface area contributed by atoms with Gasteiger partial charge in [-0.15, -0.1) is 0 Å². The van der Waals surface area contributed by atoms with Crippen molar-refractivity contribution in [3.05, 3.63) is 10.6 Å². The molecule has 0 aliphatic carbocycles. The molecule has 0 aliphatic heterocycles. The molecule has 1 heterocycles. The molecule has 18 heavy (non-hydrogen) atoms. The van der Waals surface area contributed by atoms with Gasteiger partial charge in [0.05, 0.1) is 6.61 Å². The van der Waals surface area contributed by atoms with Crippen LogP contribution in [0.4, 0.5) is 5.13 Å². The number of ether oxygens (including phenoxy) is 1. The van der Waals surface area contributed by atoms with Crippen LogP contribution in [0, 0.1) is 0 Å². The number of aromatic nitrogens is 1. The minimum Gasteiger partial charge on any atom is -0.461 e. The summed E-state index contributed by atoms with van der Waals surface area (Å²) in [4.78, 5) is 27.7. The molecule has 0 saturated carbocycles. The van der Waals surface area contributed by atoms with E-state index in [0.29, 0.717) is 10.0 Å². The molecule has 0 saturated heterocycles. The number of thiazole rings is 1. The van der Waals surface area contributed by atoms with Gasteiger partial charge in [-0.05, 0) is 27.7 Å². The molecule has 1 N–H and O–H groups in total. The molecule has 0 unspecified atom stereocenters. The van der Waals surface area contributed by atoms with E-state index in [1.807, 2.05) is 20.8 Å². The van der Waals surface area contributed by atoms with E-state index in [1.54, 1.807) is 6.92 Å². The quantitative estimate of drug-likeness (QED) is 0.673. The van der Waals surface area contributed by atoms with Gasteiger partial charge in [-0.25, -0.2) is 9.78 Å². The molecule has 0 aromatic carbocycles. The van der Waals surface area contributed by atoms with Crippen LogP contribution in [0.2, 0.25) is 0 Å². The topological polar surface area (TPSA) is 68.3 Å². The summed E-state index contributed by atoms with van der Waals surface area (Å²) in [6.07, 6.45) is 0. The summed E-state index contributed by atoms with van der Waals surface area (Å²) >= 11 is 1.18. The standard InChI is InChI=1S/C12H18N2O3S/c1-6-17-10(16)8-9(7(2)15)18-11(13-8)14-12(3,4)5/h6H2,1-5H3,(H,13,14). The first-order valence-corrected chi connectivity index (χ1v) is 6.53. The fourth-order valence-corrected chi connectivity index (χ4v) is 2.33. The SMILES string of the molecule is CCOC(=O)c1nc(NC(C)(C)C)sc1C(C)=O. The molecule has 100 valence electrons. The van der Waals surface area contributed by atoms with Crippen molar-refractivity contribution in [2.75, 3.05) is 11.9 Å². The fourth-order valence-electron chi connectivity index (χ4n) is 1.27. The second kappa shape index (κ2) is 5.48. The number of hydrogen-bond donors (Lipinski definition) is 1. The predicted octanol–water partition coefficient (Wildman–Crippen LogP) is 2.73. The second-order valence-electron chi connectivity index (χ2n) is 4.85. The lowest BCUT2D eigenvalue weighted by Crippen LogP contribution is -2.26. The Morgan fingerprint density at radius 1 is 1.39 bits per heavy atom. The first-order valence-electron chi connectivity index (χ1n) is 5.71. The summed E-state index contributed by atoms with van der Waals surface area (Å²) in [5.74, 6) is -0.738. The number of nitrogens with one attached hydrogen (secondary N) is 1. The van der Waals surface area contributed by atoms with Crippen molar-refractivity contribution >= 4 is 28.2 Å². The van der Waals surface area contributed by atoms with Crippen molar-refractivity contribution in [1.82, 2.24) is 4.98 Å². The van der Waals surface area contributed by atoms with Gasteiger partial charge >= 0.3 is 5.97 Å². The molecule has 5 nitrogen and oxygen atoms in total. The van der Waals surface area contributed by atoms with Crippen LogP contribution in [0.5, 0.6) is 0 Å². The van der Waals surface area contributed by atoms with E-state index in [1.165, 1.54) is 18.3 Å². The zero-order valence-corrected chi connectivity index (χ0v) is 12.1. The van der Waals surface area contributed by atoms with Gasteiger partial charge in [0.15, 0.2) is 16.6 Å². The van der Waals surface area contributed by atoms with Gasteiger partial charge in [0.25, 0.3) is 0 Å². The molecular weight excluding hydrogens is 252 g/mol. The lowest BCUT2D eigenvalue weighted by molar-refractivity contribution is 0.0517. The minimum absolute atomic E-state index is 0.0982. The summed E-state index contributed by atoms with van der Waals surface area (Å²) in [6, 6.07) is 0. The highest BCUT2D eigenvalue weighted by atomic mass is 32.1. The zero-order chi connectivity index (χ0) is 13.9. The highest BCUT2D eigenvalue weighted by Crippen LogP contribution is 2.26. The number of ketones is 1. The number of rotatable bonds is 4. The number of hydrogen-bond acceptors (Lipinski definition) is 6. The number of anilines is 1. The molecule has 1 aromatic heterocycles. The van der Waals surface area contributed by atoms with Gasteiger partial charge in [0.2, 0.25) is 0 Å². The number of nitrogens with zero attached hydrogens (tertiary/aromatic N) is 1. The molecule has 0 aliphatic rings. The van der Waals surface area contributed by atoms with E-state index in [0.717, 1.165) is 0 Å². The number of Topliss-reactive ketones (excluding diaryl/α,β-unsaturated/α-hetero) is 1. The third-order valence-electron chi connectivity index (χ3n) is 1.90. The summed E-state index contributed by atoms with van der Waals surface area (Å²) < 4.78 is 4.89. The van der Waals surface area contributed by atoms with Crippen molar-refractivity contribution in [1.29, 1.82) is 0 Å². The van der Waals surface area contributed by atoms with Gasteiger partial charge in [0.1, 0.15) is 4.88 Å². The molecule has 0 amide bonds. The average molecular weight is 270 g/mol. The van der Waals surface area contributed by atoms with E-state index in [2.05, 4.69) is 10.3 Å². The molecule has 0 atom stereocenters. The smallest absolute Gasteiger partial charge is 0.358 e. The molecule has 0 bridgehead atoms. The molecular formula is C12H18N2O3S. The van der Waals surface area contributed by atoms with Gasteiger partial charge in [-0.3, -0.25) is 4.79 Å². The van der Waals surface area contributed by atoms with Gasteiger partial charge in [-0.2, -0.15) is 0 Å². The van der Waals surface area contributed by atoms with Crippen LogP contribution in [0.25, 0.3) is 0 Å². The highest BCUT2D eigenvalue weighted by Gasteiger charge is 2.23. The largest absolute Gasteiger partial charge is 0.461 e. The number of carbonyl (C=O) groups excluding carboxylic acids is 2. The Labute approximate surface area is 111 Å². The Morgan fingerprint density at radius 2 is 2.00 bits per heavy atom. The number of carbonyl (C=O) groups is 2. The fraction of sp³-hybridized carbons (Fsp3) is 0.583. The third kappa shape index (κ3) is 3.80. The Hall–Kier alpha value is -1.43. The van der Waals surface area contributed by atoms with Crippen LogP contribution in [0.1, 0.15) is 54.8 Å². The van der Waals surface area contributed by atoms with Gasteiger partial charge in [0, 0.05) is 12.5 Å². The van der Waals surface area contributed by atoms with E-state index < -0.39 is 5.97 Å². The monoisotopic (exact) mass is 270 g/mol. The van der Waals surface area contributed by atoms with E-state index in [4.69, 9.17) is 4.74 Å². The lowest BCUT2D eigenvalue weighted by atomic mass is 10.1. The molecule has 6 heteroatoms. The first-order chi connectivity index (χ1) is 8.24. The van der Waals surface area contributed by atoms with Crippen molar-refractivity contribution in [2.24, 2.45) is 0 Å². The second-order valence-corrected chi connectivity index (χ2v) is 5.85. The maximum Gasteiger partial charge on any atom is 0.358 e. The van der Waals surface area contributed by atoms with Crippen LogP contribution in [0.3, 0.4) is 0 Å². The third-order valence-corrected chi connectivity index (χ3v) is 2.97. The van der Waals surface area contributed by atoms with Crippen molar-refractivity contribution in [3.63, 3.8) is 0 Å². The van der Waals surface area contributed by atoms with Crippen molar-refractivity contribution in [3.8, 4) is 0 Å². The number of esters is 1. The Bertz CT molecular complexity index is 460. The summed E-state index contributed by atoms with van der Waals surface area (Å²) in [5.41, 5.74) is -0.0845. The Kier molecular flexibility index (Phi) is 4.45. The molecule has 0 spiro atoms. The summed E-state index contributed by atoms with van der Waals surface area (Å²) in [7, 11) is 0. The van der Waals surface area contributed by atoms with Crippen LogP contribution < -0.4 is 5.32 Å². The maximum absolute atomic E-state index is 11.7. The summed E-state index contributed by atoms with van der Waals surface area (Å²) in [6.45, 7) is 9.32. The van der Waals surface area contributed by atoms with Crippen LogP contribution in [-0.4, -0.2) is 28.9 Å². The summed E-state index contributed by atoms with van der Waals surface area (Å²) in [5, 5.41) is 3.69. The molecule has 1 rings (SSSR count).